The maximum absolute atomic E-state index is 11.9. The molecule has 3 N–H and O–H groups in total. The standard InChI is InChI=1S/C13H22N2O2S/c1-3-4-12-5-7-13(8-6-12)18(16,17)15-10-9-11(2)14/h5-8,11,15H,3-4,9-10,14H2,1-2H3. The third-order valence-electron chi connectivity index (χ3n) is 2.66. The molecule has 5 heteroatoms. The van der Waals surface area contributed by atoms with E-state index >= 15 is 0 Å². The van der Waals surface area contributed by atoms with Crippen molar-refractivity contribution >= 4 is 10.0 Å². The molecule has 0 amide bonds. The van der Waals surface area contributed by atoms with Crippen LogP contribution in [-0.4, -0.2) is 21.0 Å². The number of hydrogen-bond acceptors (Lipinski definition) is 3. The first-order valence-electron chi connectivity index (χ1n) is 6.30. The summed E-state index contributed by atoms with van der Waals surface area (Å²) in [5.41, 5.74) is 6.74. The van der Waals surface area contributed by atoms with Gasteiger partial charge in [0.15, 0.2) is 0 Å². The smallest absolute Gasteiger partial charge is 0.240 e. The average molecular weight is 270 g/mol. The molecule has 0 aliphatic rings. The van der Waals surface area contributed by atoms with E-state index in [0.717, 1.165) is 18.4 Å². The minimum absolute atomic E-state index is 0.000342. The molecule has 0 aliphatic heterocycles. The molecule has 0 heterocycles. The van der Waals surface area contributed by atoms with E-state index in [2.05, 4.69) is 11.6 Å². The Morgan fingerprint density at radius 1 is 1.28 bits per heavy atom. The van der Waals surface area contributed by atoms with Crippen molar-refractivity contribution in [3.63, 3.8) is 0 Å². The van der Waals surface area contributed by atoms with Crippen molar-refractivity contribution in [3.05, 3.63) is 29.8 Å². The van der Waals surface area contributed by atoms with Gasteiger partial charge in [-0.05, 0) is 37.5 Å². The summed E-state index contributed by atoms with van der Waals surface area (Å²) in [7, 11) is -3.39. The molecule has 0 bridgehead atoms. The summed E-state index contributed by atoms with van der Waals surface area (Å²) >= 11 is 0. The molecule has 0 fully saturated rings. The minimum Gasteiger partial charge on any atom is -0.328 e. The number of sulfonamides is 1. The van der Waals surface area contributed by atoms with Gasteiger partial charge in [-0.2, -0.15) is 0 Å². The lowest BCUT2D eigenvalue weighted by Crippen LogP contribution is -2.29. The average Bonchev–Trinajstić information content (AvgIpc) is 2.29. The summed E-state index contributed by atoms with van der Waals surface area (Å²) in [6.07, 6.45) is 2.66. The van der Waals surface area contributed by atoms with Gasteiger partial charge in [0, 0.05) is 12.6 Å². The van der Waals surface area contributed by atoms with E-state index in [1.807, 2.05) is 19.1 Å². The van der Waals surface area contributed by atoms with Crippen molar-refractivity contribution in [1.82, 2.24) is 4.72 Å². The second kappa shape index (κ2) is 6.87. The highest BCUT2D eigenvalue weighted by Gasteiger charge is 2.13. The number of rotatable bonds is 7. The summed E-state index contributed by atoms with van der Waals surface area (Å²) in [5.74, 6) is 0. The summed E-state index contributed by atoms with van der Waals surface area (Å²) < 4.78 is 26.4. The molecule has 102 valence electrons. The van der Waals surface area contributed by atoms with Crippen LogP contribution in [0.5, 0.6) is 0 Å². The largest absolute Gasteiger partial charge is 0.328 e. The third-order valence-corrected chi connectivity index (χ3v) is 4.14. The van der Waals surface area contributed by atoms with Gasteiger partial charge in [0.2, 0.25) is 10.0 Å². The van der Waals surface area contributed by atoms with E-state index < -0.39 is 10.0 Å². The van der Waals surface area contributed by atoms with Gasteiger partial charge in [-0.3, -0.25) is 0 Å². The van der Waals surface area contributed by atoms with Crippen molar-refractivity contribution in [3.8, 4) is 0 Å². The molecule has 0 saturated carbocycles. The minimum atomic E-state index is -3.39. The maximum Gasteiger partial charge on any atom is 0.240 e. The third kappa shape index (κ3) is 4.76. The summed E-state index contributed by atoms with van der Waals surface area (Å²) in [5, 5.41) is 0. The molecule has 1 aromatic carbocycles. The Hall–Kier alpha value is -0.910. The van der Waals surface area contributed by atoms with Crippen LogP contribution in [0.3, 0.4) is 0 Å². The molecular formula is C13H22N2O2S. The molecule has 0 saturated heterocycles. The Morgan fingerprint density at radius 3 is 2.39 bits per heavy atom. The Kier molecular flexibility index (Phi) is 5.78. The van der Waals surface area contributed by atoms with Crippen LogP contribution in [0.4, 0.5) is 0 Å². The molecule has 1 unspecified atom stereocenters. The van der Waals surface area contributed by atoms with Crippen LogP contribution < -0.4 is 10.5 Å². The summed E-state index contributed by atoms with van der Waals surface area (Å²) in [6.45, 7) is 4.32. The summed E-state index contributed by atoms with van der Waals surface area (Å²) in [6, 6.07) is 7.03. The number of nitrogens with two attached hydrogens (primary N) is 1. The van der Waals surface area contributed by atoms with Crippen molar-refractivity contribution in [2.45, 2.75) is 44.0 Å². The molecular weight excluding hydrogens is 248 g/mol. The highest BCUT2D eigenvalue weighted by Crippen LogP contribution is 2.11. The van der Waals surface area contributed by atoms with Gasteiger partial charge in [0.1, 0.15) is 0 Å². The van der Waals surface area contributed by atoms with Crippen LogP contribution in [0, 0.1) is 0 Å². The van der Waals surface area contributed by atoms with E-state index in [9.17, 15) is 8.42 Å². The highest BCUT2D eigenvalue weighted by atomic mass is 32.2. The van der Waals surface area contributed by atoms with Gasteiger partial charge in [-0.25, -0.2) is 13.1 Å². The zero-order valence-electron chi connectivity index (χ0n) is 11.0. The van der Waals surface area contributed by atoms with Crippen LogP contribution in [0.1, 0.15) is 32.3 Å². The first-order chi connectivity index (χ1) is 8.45. The van der Waals surface area contributed by atoms with Crippen LogP contribution in [0.25, 0.3) is 0 Å². The van der Waals surface area contributed by atoms with Crippen molar-refractivity contribution < 1.29 is 8.42 Å². The lowest BCUT2D eigenvalue weighted by molar-refractivity contribution is 0.572. The van der Waals surface area contributed by atoms with Gasteiger partial charge in [-0.1, -0.05) is 25.5 Å². The van der Waals surface area contributed by atoms with Gasteiger partial charge in [0.05, 0.1) is 4.90 Å². The normalized spacial score (nSPS) is 13.5. The Balaban J connectivity index is 2.67. The summed E-state index contributed by atoms with van der Waals surface area (Å²) in [4.78, 5) is 0.312. The van der Waals surface area contributed by atoms with Crippen LogP contribution >= 0.6 is 0 Å². The maximum atomic E-state index is 11.9. The Morgan fingerprint density at radius 2 is 1.89 bits per heavy atom. The number of nitrogens with one attached hydrogen (secondary N) is 1. The van der Waals surface area contributed by atoms with Crippen LogP contribution in [0.15, 0.2) is 29.2 Å². The van der Waals surface area contributed by atoms with Gasteiger partial charge >= 0.3 is 0 Å². The Labute approximate surface area is 110 Å². The van der Waals surface area contributed by atoms with Gasteiger partial charge in [-0.15, -0.1) is 0 Å². The second-order valence-corrected chi connectivity index (χ2v) is 6.32. The van der Waals surface area contributed by atoms with Crippen molar-refractivity contribution in [2.24, 2.45) is 5.73 Å². The Bertz CT molecular complexity index is 452. The zero-order valence-corrected chi connectivity index (χ0v) is 11.8. The predicted octanol–water partition coefficient (Wildman–Crippen LogP) is 1.65. The van der Waals surface area contributed by atoms with E-state index in [4.69, 9.17) is 5.73 Å². The molecule has 18 heavy (non-hydrogen) atoms. The monoisotopic (exact) mass is 270 g/mol. The van der Waals surface area contributed by atoms with E-state index in [1.165, 1.54) is 0 Å². The first kappa shape index (κ1) is 15.1. The zero-order chi connectivity index (χ0) is 13.6. The molecule has 0 radical (unpaired) electrons. The lowest BCUT2D eigenvalue weighted by atomic mass is 10.1. The molecule has 4 nitrogen and oxygen atoms in total. The predicted molar refractivity (Wildman–Crippen MR) is 73.9 cm³/mol. The SMILES string of the molecule is CCCc1ccc(S(=O)(=O)NCCC(C)N)cc1. The molecule has 0 aromatic heterocycles. The molecule has 1 aromatic rings. The molecule has 1 rings (SSSR count). The molecule has 1 atom stereocenters. The van der Waals surface area contributed by atoms with Crippen LogP contribution in [0.2, 0.25) is 0 Å². The lowest BCUT2D eigenvalue weighted by Gasteiger charge is -2.09. The molecule has 0 aliphatic carbocycles. The van der Waals surface area contributed by atoms with Gasteiger partial charge < -0.3 is 5.73 Å². The fraction of sp³-hybridized carbons (Fsp3) is 0.538. The van der Waals surface area contributed by atoms with Crippen molar-refractivity contribution in [1.29, 1.82) is 0 Å². The topological polar surface area (TPSA) is 72.2 Å². The number of aryl methyl sites for hydroxylation is 1. The first-order valence-corrected chi connectivity index (χ1v) is 7.78. The highest BCUT2D eigenvalue weighted by molar-refractivity contribution is 7.89. The van der Waals surface area contributed by atoms with Crippen molar-refractivity contribution in [2.75, 3.05) is 6.54 Å². The van der Waals surface area contributed by atoms with Crippen LogP contribution in [-0.2, 0) is 16.4 Å². The number of benzene rings is 1. The van der Waals surface area contributed by atoms with E-state index in [1.54, 1.807) is 12.1 Å². The fourth-order valence-electron chi connectivity index (χ4n) is 1.63. The van der Waals surface area contributed by atoms with Gasteiger partial charge in [0.25, 0.3) is 0 Å². The van der Waals surface area contributed by atoms with E-state index in [0.29, 0.717) is 17.9 Å². The second-order valence-electron chi connectivity index (χ2n) is 4.56. The van der Waals surface area contributed by atoms with E-state index in [-0.39, 0.29) is 6.04 Å². The molecule has 0 spiro atoms. The number of hydrogen-bond donors (Lipinski definition) is 2. The quantitative estimate of drug-likeness (QED) is 0.791. The fourth-order valence-corrected chi connectivity index (χ4v) is 2.68.